The highest BCUT2D eigenvalue weighted by Crippen LogP contribution is 2.38. The molecule has 11 nitrogen and oxygen atoms in total. The number of aromatic nitrogens is 4. The lowest BCUT2D eigenvalue weighted by atomic mass is 10.3. The van der Waals surface area contributed by atoms with E-state index in [2.05, 4.69) is 19.9 Å². The zero-order valence-electron chi connectivity index (χ0n) is 16.5. The van der Waals surface area contributed by atoms with E-state index in [1.54, 1.807) is 18.2 Å². The highest BCUT2D eigenvalue weighted by molar-refractivity contribution is 7.90. The number of anilines is 1. The fraction of sp³-hybridized carbons (Fsp3) is 0.222. The first-order chi connectivity index (χ1) is 14.8. The van der Waals surface area contributed by atoms with E-state index in [9.17, 15) is 8.42 Å². The summed E-state index contributed by atoms with van der Waals surface area (Å²) < 4.78 is 44.7. The van der Waals surface area contributed by atoms with Crippen LogP contribution in [0, 0.1) is 0 Å². The van der Waals surface area contributed by atoms with E-state index >= 15 is 0 Å². The number of hydrogen-bond donors (Lipinski definition) is 1. The lowest BCUT2D eigenvalue weighted by molar-refractivity contribution is 0.197. The number of nitrogens with two attached hydrogens (primary N) is 1. The van der Waals surface area contributed by atoms with Crippen LogP contribution in [-0.4, -0.2) is 54.9 Å². The van der Waals surface area contributed by atoms with Gasteiger partial charge in [0.05, 0.1) is 24.5 Å². The van der Waals surface area contributed by atoms with Crippen LogP contribution in [0.15, 0.2) is 41.8 Å². The normalized spacial score (nSPS) is 11.1. The molecule has 0 saturated heterocycles. The SMILES string of the molecule is COc1ccc(Cl)c(Oc2c(N)ncnc2OCCOc2ncc(S(C)(=O)=O)cn2)c1. The van der Waals surface area contributed by atoms with E-state index < -0.39 is 9.84 Å². The van der Waals surface area contributed by atoms with E-state index in [1.807, 2.05) is 0 Å². The molecule has 0 radical (unpaired) electrons. The number of halogens is 1. The minimum atomic E-state index is -3.39. The molecule has 2 heterocycles. The van der Waals surface area contributed by atoms with E-state index in [1.165, 1.54) is 13.4 Å². The summed E-state index contributed by atoms with van der Waals surface area (Å²) in [5.74, 6) is 1.01. The van der Waals surface area contributed by atoms with Gasteiger partial charge in [0.2, 0.25) is 5.75 Å². The summed E-state index contributed by atoms with van der Waals surface area (Å²) >= 11 is 6.17. The lowest BCUT2D eigenvalue weighted by Gasteiger charge is -2.14. The summed E-state index contributed by atoms with van der Waals surface area (Å²) in [4.78, 5) is 15.6. The first kappa shape index (κ1) is 22.3. The maximum absolute atomic E-state index is 11.4. The van der Waals surface area contributed by atoms with Crippen molar-refractivity contribution < 1.29 is 27.4 Å². The van der Waals surface area contributed by atoms with Crippen molar-refractivity contribution in [1.29, 1.82) is 0 Å². The lowest BCUT2D eigenvalue weighted by Crippen LogP contribution is -2.12. The van der Waals surface area contributed by atoms with E-state index in [4.69, 9.17) is 36.3 Å². The maximum atomic E-state index is 11.4. The Morgan fingerprint density at radius 2 is 1.77 bits per heavy atom. The predicted octanol–water partition coefficient (Wildman–Crippen LogP) is 2.16. The molecule has 0 unspecified atom stereocenters. The molecule has 0 amide bonds. The van der Waals surface area contributed by atoms with Gasteiger partial charge in [-0.05, 0) is 12.1 Å². The molecule has 0 aliphatic heterocycles. The highest BCUT2D eigenvalue weighted by atomic mass is 35.5. The summed E-state index contributed by atoms with van der Waals surface area (Å²) in [6, 6.07) is 4.87. The molecule has 164 valence electrons. The van der Waals surface area contributed by atoms with Gasteiger partial charge >= 0.3 is 6.01 Å². The number of nitrogen functional groups attached to an aromatic ring is 1. The van der Waals surface area contributed by atoms with Crippen LogP contribution in [0.2, 0.25) is 5.02 Å². The monoisotopic (exact) mass is 467 g/mol. The van der Waals surface area contributed by atoms with Crippen molar-refractivity contribution >= 4 is 27.3 Å². The van der Waals surface area contributed by atoms with E-state index in [0.29, 0.717) is 10.8 Å². The topological polar surface area (TPSA) is 149 Å². The number of ether oxygens (including phenoxy) is 4. The van der Waals surface area contributed by atoms with Crippen molar-refractivity contribution in [2.75, 3.05) is 32.3 Å². The molecule has 0 spiro atoms. The fourth-order valence-corrected chi connectivity index (χ4v) is 2.85. The number of benzene rings is 1. The molecule has 0 fully saturated rings. The molecule has 3 aromatic rings. The Morgan fingerprint density at radius 3 is 2.45 bits per heavy atom. The van der Waals surface area contributed by atoms with Gasteiger partial charge in [-0.25, -0.2) is 23.4 Å². The van der Waals surface area contributed by atoms with Crippen LogP contribution in [0.1, 0.15) is 0 Å². The molecular weight excluding hydrogens is 450 g/mol. The Hall–Kier alpha value is -3.38. The average Bonchev–Trinajstić information content (AvgIpc) is 2.74. The first-order valence-corrected chi connectivity index (χ1v) is 10.9. The van der Waals surface area contributed by atoms with Gasteiger partial charge in [0.15, 0.2) is 15.7 Å². The molecule has 0 bridgehead atoms. The van der Waals surface area contributed by atoms with Gasteiger partial charge in [0.25, 0.3) is 5.88 Å². The smallest absolute Gasteiger partial charge is 0.316 e. The maximum Gasteiger partial charge on any atom is 0.316 e. The van der Waals surface area contributed by atoms with Crippen LogP contribution in [0.5, 0.6) is 29.1 Å². The van der Waals surface area contributed by atoms with Crippen LogP contribution >= 0.6 is 11.6 Å². The molecule has 2 aromatic heterocycles. The van der Waals surface area contributed by atoms with Crippen LogP contribution in [0.25, 0.3) is 0 Å². The molecule has 13 heteroatoms. The van der Waals surface area contributed by atoms with Crippen molar-refractivity contribution in [3.63, 3.8) is 0 Å². The molecule has 2 N–H and O–H groups in total. The van der Waals surface area contributed by atoms with Crippen LogP contribution in [0.4, 0.5) is 5.82 Å². The molecular formula is C18H18ClN5O6S. The number of methoxy groups -OCH3 is 1. The zero-order chi connectivity index (χ0) is 22.4. The Morgan fingerprint density at radius 1 is 1.06 bits per heavy atom. The number of nitrogens with zero attached hydrogens (tertiary/aromatic N) is 4. The largest absolute Gasteiger partial charge is 0.497 e. The van der Waals surface area contributed by atoms with Crippen molar-refractivity contribution in [2.45, 2.75) is 4.90 Å². The van der Waals surface area contributed by atoms with Crippen LogP contribution in [-0.2, 0) is 9.84 Å². The molecule has 0 atom stereocenters. The van der Waals surface area contributed by atoms with Gasteiger partial charge in [-0.1, -0.05) is 11.6 Å². The van der Waals surface area contributed by atoms with Crippen molar-refractivity contribution in [2.24, 2.45) is 0 Å². The predicted molar refractivity (Wildman–Crippen MR) is 111 cm³/mol. The standard InChI is InChI=1S/C18H18ClN5O6S/c1-27-11-3-4-13(19)14(7-11)30-15-16(20)23-10-24-17(15)28-5-6-29-18-21-8-12(9-22-18)31(2,25)26/h3-4,7-10H,5-6H2,1-2H3,(H2,20,23,24). The Bertz CT molecular complexity index is 1160. The summed E-state index contributed by atoms with van der Waals surface area (Å²) in [7, 11) is -1.87. The third-order valence-electron chi connectivity index (χ3n) is 3.73. The first-order valence-electron chi connectivity index (χ1n) is 8.67. The zero-order valence-corrected chi connectivity index (χ0v) is 18.1. The number of hydrogen-bond acceptors (Lipinski definition) is 11. The number of sulfone groups is 1. The summed E-state index contributed by atoms with van der Waals surface area (Å²) in [6.45, 7) is 0.0807. The number of rotatable bonds is 9. The van der Waals surface area contributed by atoms with Crippen molar-refractivity contribution in [3.8, 4) is 29.1 Å². The minimum Gasteiger partial charge on any atom is -0.497 e. The minimum absolute atomic E-state index is 0.00200. The van der Waals surface area contributed by atoms with Gasteiger partial charge in [-0.3, -0.25) is 0 Å². The van der Waals surface area contributed by atoms with Gasteiger partial charge in [0, 0.05) is 12.3 Å². The third kappa shape index (κ3) is 5.83. The summed E-state index contributed by atoms with van der Waals surface area (Å²) in [5.41, 5.74) is 5.90. The Kier molecular flexibility index (Phi) is 6.92. The van der Waals surface area contributed by atoms with Gasteiger partial charge < -0.3 is 24.7 Å². The second kappa shape index (κ2) is 9.62. The second-order valence-corrected chi connectivity index (χ2v) is 8.38. The van der Waals surface area contributed by atoms with Crippen LogP contribution < -0.4 is 24.7 Å². The molecule has 0 aliphatic rings. The molecule has 1 aromatic carbocycles. The highest BCUT2D eigenvalue weighted by Gasteiger charge is 2.16. The average molecular weight is 468 g/mol. The van der Waals surface area contributed by atoms with Crippen LogP contribution in [0.3, 0.4) is 0 Å². The van der Waals surface area contributed by atoms with E-state index in [0.717, 1.165) is 18.6 Å². The Labute approximate surface area is 183 Å². The molecule has 3 rings (SSSR count). The summed E-state index contributed by atoms with van der Waals surface area (Å²) in [6.07, 6.45) is 4.60. The summed E-state index contributed by atoms with van der Waals surface area (Å²) in [5, 5.41) is 0.327. The quantitative estimate of drug-likeness (QED) is 0.461. The van der Waals surface area contributed by atoms with E-state index in [-0.39, 0.29) is 47.3 Å². The van der Waals surface area contributed by atoms with Gasteiger partial charge in [-0.15, -0.1) is 0 Å². The molecule has 0 saturated carbocycles. The fourth-order valence-electron chi connectivity index (χ4n) is 2.21. The second-order valence-electron chi connectivity index (χ2n) is 5.96. The van der Waals surface area contributed by atoms with Crippen molar-refractivity contribution in [3.05, 3.63) is 41.9 Å². The van der Waals surface area contributed by atoms with Gasteiger partial charge in [-0.2, -0.15) is 4.98 Å². The van der Waals surface area contributed by atoms with Crippen molar-refractivity contribution in [1.82, 2.24) is 19.9 Å². The molecule has 0 aliphatic carbocycles. The molecule has 31 heavy (non-hydrogen) atoms. The Balaban J connectivity index is 1.64. The third-order valence-corrected chi connectivity index (χ3v) is 5.11. The van der Waals surface area contributed by atoms with Gasteiger partial charge in [0.1, 0.15) is 35.9 Å².